The van der Waals surface area contributed by atoms with Crippen LogP contribution in [-0.2, 0) is 13.5 Å². The maximum atomic E-state index is 5.88. The van der Waals surface area contributed by atoms with Crippen LogP contribution in [-0.4, -0.2) is 9.55 Å². The van der Waals surface area contributed by atoms with E-state index in [9.17, 15) is 0 Å². The molecule has 0 atom stereocenters. The summed E-state index contributed by atoms with van der Waals surface area (Å²) in [6.07, 6.45) is 8.37. The van der Waals surface area contributed by atoms with Crippen molar-refractivity contribution in [2.24, 2.45) is 13.0 Å². The van der Waals surface area contributed by atoms with Crippen molar-refractivity contribution in [3.8, 4) is 0 Å². The third-order valence-electron chi connectivity index (χ3n) is 3.02. The van der Waals surface area contributed by atoms with Gasteiger partial charge in [-0.3, -0.25) is 0 Å². The van der Waals surface area contributed by atoms with Gasteiger partial charge in [0.05, 0.1) is 12.0 Å². The van der Waals surface area contributed by atoms with Gasteiger partial charge in [0.15, 0.2) is 0 Å². The number of aryl methyl sites for hydroxylation is 1. The summed E-state index contributed by atoms with van der Waals surface area (Å²) < 4.78 is 1.89. The summed E-state index contributed by atoms with van der Waals surface area (Å²) in [6.45, 7) is 0. The monoisotopic (exact) mass is 179 g/mol. The maximum Gasteiger partial charge on any atom is 0.126 e. The Hall–Kier alpha value is -0.990. The van der Waals surface area contributed by atoms with E-state index in [1.807, 2.05) is 11.6 Å². The Morgan fingerprint density at radius 3 is 2.77 bits per heavy atom. The minimum Gasteiger partial charge on any atom is -0.384 e. The van der Waals surface area contributed by atoms with E-state index in [2.05, 4.69) is 4.98 Å². The van der Waals surface area contributed by atoms with Crippen molar-refractivity contribution in [2.45, 2.75) is 32.1 Å². The largest absolute Gasteiger partial charge is 0.384 e. The molecule has 1 fully saturated rings. The Morgan fingerprint density at radius 1 is 1.54 bits per heavy atom. The number of nitrogens with zero attached hydrogens (tertiary/aromatic N) is 2. The summed E-state index contributed by atoms with van der Waals surface area (Å²) in [6, 6.07) is 0. The van der Waals surface area contributed by atoms with Crippen molar-refractivity contribution < 1.29 is 0 Å². The van der Waals surface area contributed by atoms with Crippen molar-refractivity contribution in [3.05, 3.63) is 12.0 Å². The topological polar surface area (TPSA) is 43.8 Å². The molecule has 1 heterocycles. The van der Waals surface area contributed by atoms with E-state index in [-0.39, 0.29) is 0 Å². The van der Waals surface area contributed by atoms with E-state index in [0.717, 1.165) is 23.9 Å². The van der Waals surface area contributed by atoms with E-state index in [1.54, 1.807) is 6.33 Å². The number of imidazole rings is 1. The van der Waals surface area contributed by atoms with Crippen LogP contribution in [0, 0.1) is 5.92 Å². The van der Waals surface area contributed by atoms with Crippen molar-refractivity contribution >= 4 is 5.82 Å². The number of hydrogen-bond acceptors (Lipinski definition) is 2. The molecule has 0 bridgehead atoms. The lowest BCUT2D eigenvalue weighted by Gasteiger charge is -2.06. The van der Waals surface area contributed by atoms with Crippen LogP contribution in [0.3, 0.4) is 0 Å². The van der Waals surface area contributed by atoms with Gasteiger partial charge in [0.2, 0.25) is 0 Å². The van der Waals surface area contributed by atoms with E-state index in [0.29, 0.717) is 0 Å². The number of nitrogen functional groups attached to an aromatic ring is 1. The highest BCUT2D eigenvalue weighted by atomic mass is 15.1. The molecule has 1 aromatic rings. The first-order chi connectivity index (χ1) is 6.27. The molecule has 0 aliphatic heterocycles. The molecule has 0 spiro atoms. The Kier molecular flexibility index (Phi) is 2.25. The maximum absolute atomic E-state index is 5.88. The molecule has 2 N–H and O–H groups in total. The van der Waals surface area contributed by atoms with Gasteiger partial charge in [-0.2, -0.15) is 0 Å². The number of hydrogen-bond donors (Lipinski definition) is 1. The third kappa shape index (κ3) is 1.69. The first kappa shape index (κ1) is 8.60. The third-order valence-corrected chi connectivity index (χ3v) is 3.02. The summed E-state index contributed by atoms with van der Waals surface area (Å²) in [5.41, 5.74) is 6.97. The molecular formula is C10H17N3. The van der Waals surface area contributed by atoms with Crippen LogP contribution in [0.2, 0.25) is 0 Å². The van der Waals surface area contributed by atoms with Gasteiger partial charge >= 0.3 is 0 Å². The van der Waals surface area contributed by atoms with Crippen LogP contribution >= 0.6 is 0 Å². The Balaban J connectivity index is 2.04. The predicted octanol–water partition coefficient (Wildman–Crippen LogP) is 1.73. The molecule has 13 heavy (non-hydrogen) atoms. The summed E-state index contributed by atoms with van der Waals surface area (Å²) in [5.74, 6) is 1.67. The van der Waals surface area contributed by atoms with E-state index >= 15 is 0 Å². The first-order valence-electron chi connectivity index (χ1n) is 5.03. The molecule has 72 valence electrons. The molecule has 1 saturated carbocycles. The lowest BCUT2D eigenvalue weighted by molar-refractivity contribution is 0.541. The lowest BCUT2D eigenvalue weighted by atomic mass is 10.0. The molecule has 0 unspecified atom stereocenters. The highest BCUT2D eigenvalue weighted by molar-refractivity contribution is 5.35. The van der Waals surface area contributed by atoms with Crippen LogP contribution in [0.25, 0.3) is 0 Å². The highest BCUT2D eigenvalue weighted by Gasteiger charge is 2.18. The minimum absolute atomic E-state index is 0.831. The van der Waals surface area contributed by atoms with Gasteiger partial charge in [-0.15, -0.1) is 0 Å². The second-order valence-electron chi connectivity index (χ2n) is 4.04. The Labute approximate surface area is 79.0 Å². The second kappa shape index (κ2) is 3.40. The molecule has 3 nitrogen and oxygen atoms in total. The number of aromatic nitrogens is 2. The van der Waals surface area contributed by atoms with E-state index in [4.69, 9.17) is 5.73 Å². The molecule has 0 saturated heterocycles. The van der Waals surface area contributed by atoms with Crippen LogP contribution in [0.4, 0.5) is 5.82 Å². The Morgan fingerprint density at radius 2 is 2.23 bits per heavy atom. The summed E-state index contributed by atoms with van der Waals surface area (Å²) in [4.78, 5) is 4.32. The van der Waals surface area contributed by atoms with Crippen LogP contribution < -0.4 is 5.73 Å². The Bertz CT molecular complexity index is 284. The van der Waals surface area contributed by atoms with Crippen molar-refractivity contribution in [2.75, 3.05) is 5.73 Å². The number of nitrogens with two attached hydrogens (primary N) is 1. The average molecular weight is 179 g/mol. The molecule has 1 aromatic heterocycles. The average Bonchev–Trinajstić information content (AvgIpc) is 2.71. The molecule has 0 radical (unpaired) electrons. The zero-order valence-corrected chi connectivity index (χ0v) is 8.16. The van der Waals surface area contributed by atoms with Gasteiger partial charge in [0.25, 0.3) is 0 Å². The molecular weight excluding hydrogens is 162 g/mol. The van der Waals surface area contributed by atoms with Gasteiger partial charge < -0.3 is 10.3 Å². The van der Waals surface area contributed by atoms with E-state index in [1.165, 1.54) is 25.7 Å². The van der Waals surface area contributed by atoms with Crippen molar-refractivity contribution in [3.63, 3.8) is 0 Å². The van der Waals surface area contributed by atoms with Gasteiger partial charge in [0.1, 0.15) is 5.82 Å². The fourth-order valence-corrected chi connectivity index (χ4v) is 2.13. The van der Waals surface area contributed by atoms with Crippen LogP contribution in [0.5, 0.6) is 0 Å². The van der Waals surface area contributed by atoms with E-state index < -0.39 is 0 Å². The molecule has 1 aliphatic rings. The zero-order valence-electron chi connectivity index (χ0n) is 8.16. The number of anilines is 1. The normalized spacial score (nSPS) is 18.2. The second-order valence-corrected chi connectivity index (χ2v) is 4.04. The number of rotatable bonds is 2. The molecule has 0 aromatic carbocycles. The predicted molar refractivity (Wildman–Crippen MR) is 53.3 cm³/mol. The SMILES string of the molecule is Cn1cnc(CC2CCCC2)c1N. The lowest BCUT2D eigenvalue weighted by Crippen LogP contribution is -2.03. The van der Waals surface area contributed by atoms with Gasteiger partial charge in [-0.05, 0) is 12.3 Å². The smallest absolute Gasteiger partial charge is 0.126 e. The summed E-state index contributed by atoms with van der Waals surface area (Å²) in [5, 5.41) is 0. The minimum atomic E-state index is 0.831. The quantitative estimate of drug-likeness (QED) is 0.751. The zero-order chi connectivity index (χ0) is 9.26. The fraction of sp³-hybridized carbons (Fsp3) is 0.700. The fourth-order valence-electron chi connectivity index (χ4n) is 2.13. The van der Waals surface area contributed by atoms with Crippen molar-refractivity contribution in [1.82, 2.24) is 9.55 Å². The van der Waals surface area contributed by atoms with Crippen molar-refractivity contribution in [1.29, 1.82) is 0 Å². The van der Waals surface area contributed by atoms with Gasteiger partial charge in [-0.1, -0.05) is 25.7 Å². The molecule has 1 aliphatic carbocycles. The van der Waals surface area contributed by atoms with Crippen LogP contribution in [0.1, 0.15) is 31.4 Å². The summed E-state index contributed by atoms with van der Waals surface area (Å²) in [7, 11) is 1.94. The molecule has 0 amide bonds. The first-order valence-corrected chi connectivity index (χ1v) is 5.03. The molecule has 2 rings (SSSR count). The summed E-state index contributed by atoms with van der Waals surface area (Å²) >= 11 is 0. The molecule has 3 heteroatoms. The van der Waals surface area contributed by atoms with Gasteiger partial charge in [-0.25, -0.2) is 4.98 Å². The standard InChI is InChI=1S/C10H17N3/c1-13-7-12-9(10(13)11)6-8-4-2-3-5-8/h7-8H,2-6,11H2,1H3. The van der Waals surface area contributed by atoms with Crippen LogP contribution in [0.15, 0.2) is 6.33 Å². The highest BCUT2D eigenvalue weighted by Crippen LogP contribution is 2.28. The van der Waals surface area contributed by atoms with Gasteiger partial charge in [0, 0.05) is 7.05 Å².